The number of carbonyl (C=O) groups is 3. The van der Waals surface area contributed by atoms with Crippen LogP contribution in [-0.4, -0.2) is 39.7 Å². The Kier molecular flexibility index (Phi) is 7.30. The minimum atomic E-state index is -0.996. The smallest absolute Gasteiger partial charge is 0.328 e. The molecule has 0 spiro atoms. The van der Waals surface area contributed by atoms with Crippen LogP contribution in [0, 0.1) is 19.7 Å². The van der Waals surface area contributed by atoms with Crippen molar-refractivity contribution in [2.45, 2.75) is 33.4 Å². The SMILES string of the molecule is COC(=O)[C@@H](C)N1C(=O)S/C(=C/c2cc(C)n(-c3ccc(OCc4ccc(F)cc4)cc3)c2C)C1=O. The molecular formula is C27H25FN2O5S. The lowest BCUT2D eigenvalue weighted by Crippen LogP contribution is -2.42. The van der Waals surface area contributed by atoms with Crippen molar-refractivity contribution in [3.63, 3.8) is 0 Å². The summed E-state index contributed by atoms with van der Waals surface area (Å²) >= 11 is 0.803. The number of esters is 1. The molecule has 186 valence electrons. The van der Waals surface area contributed by atoms with E-state index in [2.05, 4.69) is 4.74 Å². The van der Waals surface area contributed by atoms with Gasteiger partial charge in [-0.15, -0.1) is 0 Å². The summed E-state index contributed by atoms with van der Waals surface area (Å²) in [6, 6.07) is 14.7. The molecule has 2 amide bonds. The second kappa shape index (κ2) is 10.4. The average molecular weight is 509 g/mol. The lowest BCUT2D eigenvalue weighted by Gasteiger charge is -2.18. The molecule has 1 fully saturated rings. The molecule has 2 aromatic carbocycles. The van der Waals surface area contributed by atoms with E-state index < -0.39 is 23.2 Å². The molecule has 36 heavy (non-hydrogen) atoms. The van der Waals surface area contributed by atoms with Crippen LogP contribution < -0.4 is 4.74 Å². The molecule has 9 heteroatoms. The molecule has 0 unspecified atom stereocenters. The van der Waals surface area contributed by atoms with Gasteiger partial charge in [0.1, 0.15) is 24.2 Å². The van der Waals surface area contributed by atoms with Gasteiger partial charge in [0, 0.05) is 17.1 Å². The third-order valence-electron chi connectivity index (χ3n) is 5.92. The van der Waals surface area contributed by atoms with Gasteiger partial charge in [0.2, 0.25) is 0 Å². The van der Waals surface area contributed by atoms with Crippen LogP contribution in [0.3, 0.4) is 0 Å². The number of aromatic nitrogens is 1. The molecule has 3 aromatic rings. The quantitative estimate of drug-likeness (QED) is 0.314. The van der Waals surface area contributed by atoms with Crippen LogP contribution in [0.15, 0.2) is 59.5 Å². The Morgan fingerprint density at radius 1 is 1.08 bits per heavy atom. The molecule has 0 radical (unpaired) electrons. The van der Waals surface area contributed by atoms with Crippen molar-refractivity contribution < 1.29 is 28.2 Å². The van der Waals surface area contributed by atoms with Gasteiger partial charge in [0.25, 0.3) is 11.1 Å². The topological polar surface area (TPSA) is 77.8 Å². The van der Waals surface area contributed by atoms with Gasteiger partial charge in [0.15, 0.2) is 0 Å². The number of amides is 2. The van der Waals surface area contributed by atoms with Gasteiger partial charge in [-0.25, -0.2) is 9.18 Å². The Morgan fingerprint density at radius 3 is 2.39 bits per heavy atom. The van der Waals surface area contributed by atoms with Crippen LogP contribution in [0.4, 0.5) is 9.18 Å². The summed E-state index contributed by atoms with van der Waals surface area (Å²) in [7, 11) is 1.22. The lowest BCUT2D eigenvalue weighted by atomic mass is 10.2. The largest absolute Gasteiger partial charge is 0.489 e. The summed E-state index contributed by atoms with van der Waals surface area (Å²) in [5.74, 6) is -0.775. The maximum absolute atomic E-state index is 13.1. The number of benzene rings is 2. The van der Waals surface area contributed by atoms with Gasteiger partial charge >= 0.3 is 5.97 Å². The number of hydrogen-bond donors (Lipinski definition) is 0. The number of hydrogen-bond acceptors (Lipinski definition) is 6. The summed E-state index contributed by atoms with van der Waals surface area (Å²) in [5.41, 5.74) is 4.40. The van der Waals surface area contributed by atoms with Crippen molar-refractivity contribution in [3.05, 3.63) is 87.8 Å². The van der Waals surface area contributed by atoms with E-state index in [4.69, 9.17) is 4.74 Å². The summed E-state index contributed by atoms with van der Waals surface area (Å²) in [6.45, 7) is 5.67. The van der Waals surface area contributed by atoms with Gasteiger partial charge in [-0.2, -0.15) is 0 Å². The minimum Gasteiger partial charge on any atom is -0.489 e. The Hall–Kier alpha value is -3.85. The van der Waals surface area contributed by atoms with Crippen LogP contribution in [0.2, 0.25) is 0 Å². The molecule has 0 saturated carbocycles. The standard InChI is InChI=1S/C27H25FN2O5S/c1-16-13-20(14-24-25(31)30(27(33)36-24)18(3)26(32)34-4)17(2)29(16)22-9-11-23(12-10-22)35-15-19-5-7-21(28)8-6-19/h5-14,18H,15H2,1-4H3/b24-14+/t18-/m1/s1. The molecule has 2 heterocycles. The van der Waals surface area contributed by atoms with E-state index in [0.29, 0.717) is 12.4 Å². The molecule has 1 aliphatic heterocycles. The van der Waals surface area contributed by atoms with Gasteiger partial charge in [-0.1, -0.05) is 12.1 Å². The number of aryl methyl sites for hydroxylation is 1. The first-order valence-electron chi connectivity index (χ1n) is 11.2. The maximum atomic E-state index is 13.1. The summed E-state index contributed by atoms with van der Waals surface area (Å²) in [4.78, 5) is 38.3. The first-order chi connectivity index (χ1) is 17.2. The molecule has 7 nitrogen and oxygen atoms in total. The van der Waals surface area contributed by atoms with Crippen molar-refractivity contribution in [2.24, 2.45) is 0 Å². The highest BCUT2D eigenvalue weighted by Crippen LogP contribution is 2.35. The van der Waals surface area contributed by atoms with E-state index in [9.17, 15) is 18.8 Å². The lowest BCUT2D eigenvalue weighted by molar-refractivity contribution is -0.148. The van der Waals surface area contributed by atoms with Crippen molar-refractivity contribution in [1.82, 2.24) is 9.47 Å². The Balaban J connectivity index is 1.52. The van der Waals surface area contributed by atoms with Crippen LogP contribution in [0.1, 0.15) is 29.4 Å². The van der Waals surface area contributed by atoms with Crippen molar-refractivity contribution >= 4 is 35.0 Å². The summed E-state index contributed by atoms with van der Waals surface area (Å²) in [5, 5.41) is -0.505. The Labute approximate surface area is 212 Å². The molecule has 0 bridgehead atoms. The predicted octanol–water partition coefficient (Wildman–Crippen LogP) is 5.41. The predicted molar refractivity (Wildman–Crippen MR) is 135 cm³/mol. The number of methoxy groups -OCH3 is 1. The zero-order chi connectivity index (χ0) is 26.0. The number of ether oxygens (including phenoxy) is 2. The Bertz CT molecular complexity index is 1350. The van der Waals surface area contributed by atoms with Gasteiger partial charge < -0.3 is 14.0 Å². The van der Waals surface area contributed by atoms with Gasteiger partial charge in [-0.3, -0.25) is 14.5 Å². The number of carbonyl (C=O) groups excluding carboxylic acids is 3. The molecule has 1 atom stereocenters. The minimum absolute atomic E-state index is 0.251. The second-order valence-corrected chi connectivity index (χ2v) is 9.31. The monoisotopic (exact) mass is 508 g/mol. The summed E-state index contributed by atoms with van der Waals surface area (Å²) in [6.07, 6.45) is 1.67. The zero-order valence-electron chi connectivity index (χ0n) is 20.3. The van der Waals surface area contributed by atoms with E-state index in [1.807, 2.05) is 48.7 Å². The normalized spacial score (nSPS) is 15.5. The highest BCUT2D eigenvalue weighted by Gasteiger charge is 2.41. The molecule has 0 aliphatic carbocycles. The average Bonchev–Trinajstić information content (AvgIpc) is 3.31. The second-order valence-electron chi connectivity index (χ2n) is 8.32. The first kappa shape index (κ1) is 25.2. The van der Waals surface area contributed by atoms with Crippen LogP contribution in [-0.2, 0) is 20.9 Å². The third kappa shape index (κ3) is 5.06. The molecule has 1 aromatic heterocycles. The van der Waals surface area contributed by atoms with E-state index in [1.54, 1.807) is 18.2 Å². The first-order valence-corrected chi connectivity index (χ1v) is 12.0. The van der Waals surface area contributed by atoms with Crippen LogP contribution in [0.5, 0.6) is 5.75 Å². The van der Waals surface area contributed by atoms with E-state index in [1.165, 1.54) is 26.2 Å². The highest BCUT2D eigenvalue weighted by molar-refractivity contribution is 8.18. The number of nitrogens with zero attached hydrogens (tertiary/aromatic N) is 2. The fraction of sp³-hybridized carbons (Fsp3) is 0.222. The van der Waals surface area contributed by atoms with Crippen LogP contribution in [0.25, 0.3) is 11.8 Å². The van der Waals surface area contributed by atoms with Gasteiger partial charge in [-0.05, 0) is 92.2 Å². The highest BCUT2D eigenvalue weighted by atomic mass is 32.2. The maximum Gasteiger partial charge on any atom is 0.328 e. The fourth-order valence-electron chi connectivity index (χ4n) is 4.00. The van der Waals surface area contributed by atoms with Crippen molar-refractivity contribution in [3.8, 4) is 11.4 Å². The number of imide groups is 1. The third-order valence-corrected chi connectivity index (χ3v) is 6.81. The van der Waals surface area contributed by atoms with E-state index >= 15 is 0 Å². The molecular weight excluding hydrogens is 483 g/mol. The zero-order valence-corrected chi connectivity index (χ0v) is 21.1. The number of halogens is 1. The number of thioether (sulfide) groups is 1. The molecule has 0 N–H and O–H groups in total. The van der Waals surface area contributed by atoms with E-state index in [0.717, 1.165) is 44.9 Å². The number of rotatable bonds is 7. The van der Waals surface area contributed by atoms with Crippen molar-refractivity contribution in [1.29, 1.82) is 0 Å². The summed E-state index contributed by atoms with van der Waals surface area (Å²) < 4.78 is 25.6. The van der Waals surface area contributed by atoms with Crippen LogP contribution >= 0.6 is 11.8 Å². The molecule has 1 aliphatic rings. The van der Waals surface area contributed by atoms with Crippen molar-refractivity contribution in [2.75, 3.05) is 7.11 Å². The molecule has 4 rings (SSSR count). The fourth-order valence-corrected chi connectivity index (χ4v) is 4.90. The molecule has 1 saturated heterocycles. The Morgan fingerprint density at radius 2 is 1.75 bits per heavy atom. The van der Waals surface area contributed by atoms with Gasteiger partial charge in [0.05, 0.1) is 12.0 Å². The van der Waals surface area contributed by atoms with E-state index in [-0.39, 0.29) is 10.7 Å².